The van der Waals surface area contributed by atoms with Crippen molar-refractivity contribution in [2.75, 3.05) is 45.9 Å². The quantitative estimate of drug-likeness (QED) is 0.673. The molecule has 0 saturated carbocycles. The number of fused-ring (bicyclic) bond motifs is 1. The first kappa shape index (κ1) is 22.4. The van der Waals surface area contributed by atoms with Crippen molar-refractivity contribution >= 4 is 23.3 Å². The number of benzene rings is 1. The number of rotatable bonds is 7. The molecule has 3 unspecified atom stereocenters. The van der Waals surface area contributed by atoms with Crippen molar-refractivity contribution in [2.45, 2.75) is 25.0 Å². The van der Waals surface area contributed by atoms with Crippen LogP contribution in [0, 0.1) is 11.8 Å². The summed E-state index contributed by atoms with van der Waals surface area (Å²) in [5.74, 6) is 1.22. The summed E-state index contributed by atoms with van der Waals surface area (Å²) in [5.41, 5.74) is 1.90. The van der Waals surface area contributed by atoms with Crippen molar-refractivity contribution in [3.05, 3.63) is 58.3 Å². The second-order valence-electron chi connectivity index (χ2n) is 9.29. The summed E-state index contributed by atoms with van der Waals surface area (Å²) in [6.07, 6.45) is 1.04. The number of nitrogens with zero attached hydrogens (tertiary/aromatic N) is 2. The molecule has 3 aliphatic rings. The molecule has 0 bridgehead atoms. The number of likely N-dealkylation sites (tertiary alicyclic amines) is 2. The van der Waals surface area contributed by atoms with E-state index in [0.29, 0.717) is 25.0 Å². The fourth-order valence-corrected chi connectivity index (χ4v) is 5.89. The first-order chi connectivity index (χ1) is 16.2. The molecule has 2 amide bonds. The normalized spacial score (nSPS) is 25.7. The van der Waals surface area contributed by atoms with Crippen molar-refractivity contribution in [1.29, 1.82) is 0 Å². The number of carbonyl (C=O) groups is 2. The standard InChI is InChI=1S/C25H31N3O4S/c29-24(19-8-11-33-17-19)28-14-20-12-27(13-21(20)15-28)9-6-23(18-4-2-1-3-5-18)26-25(30)32-22-7-10-31-16-22/h1-5,8,11,17,20-23H,6-7,9-10,12-16H2,(H,26,30)/t20-,21?,22?,23?/m0/s1. The third-order valence-electron chi connectivity index (χ3n) is 7.01. The van der Waals surface area contributed by atoms with Gasteiger partial charge in [-0.3, -0.25) is 4.79 Å². The second kappa shape index (κ2) is 10.2. The van der Waals surface area contributed by atoms with Crippen molar-refractivity contribution in [3.63, 3.8) is 0 Å². The van der Waals surface area contributed by atoms with Crippen molar-refractivity contribution < 1.29 is 19.1 Å². The van der Waals surface area contributed by atoms with E-state index in [9.17, 15) is 9.59 Å². The van der Waals surface area contributed by atoms with E-state index < -0.39 is 0 Å². The summed E-state index contributed by atoms with van der Waals surface area (Å²) in [7, 11) is 0. The maximum absolute atomic E-state index is 12.7. The molecule has 1 aromatic carbocycles. The minimum atomic E-state index is -0.375. The van der Waals surface area contributed by atoms with Crippen molar-refractivity contribution in [3.8, 4) is 0 Å². The van der Waals surface area contributed by atoms with E-state index >= 15 is 0 Å². The topological polar surface area (TPSA) is 71.1 Å². The molecule has 7 nitrogen and oxygen atoms in total. The molecule has 3 aliphatic heterocycles. The zero-order valence-corrected chi connectivity index (χ0v) is 19.5. The van der Waals surface area contributed by atoms with Crippen LogP contribution >= 0.6 is 11.3 Å². The highest BCUT2D eigenvalue weighted by atomic mass is 32.1. The maximum atomic E-state index is 12.7. The van der Waals surface area contributed by atoms with E-state index in [1.807, 2.05) is 39.9 Å². The van der Waals surface area contributed by atoms with Gasteiger partial charge in [0.15, 0.2) is 0 Å². The van der Waals surface area contributed by atoms with Crippen molar-refractivity contribution in [1.82, 2.24) is 15.1 Å². The molecular formula is C25H31N3O4S. The minimum absolute atomic E-state index is 0.0990. The fraction of sp³-hybridized carbons (Fsp3) is 0.520. The Bertz CT molecular complexity index is 918. The monoisotopic (exact) mass is 469 g/mol. The van der Waals surface area contributed by atoms with E-state index in [1.165, 1.54) is 0 Å². The van der Waals surface area contributed by atoms with Gasteiger partial charge in [0.25, 0.3) is 5.91 Å². The number of carbonyl (C=O) groups excluding carboxylic acids is 2. The SMILES string of the molecule is O=C(NC(CCN1CC2CN(C(=O)c3ccsc3)C[C@@H]2C1)c1ccccc1)OC1CCOC1. The summed E-state index contributed by atoms with van der Waals surface area (Å²) < 4.78 is 10.8. The van der Waals surface area contributed by atoms with Crippen LogP contribution in [0.1, 0.15) is 34.8 Å². The summed E-state index contributed by atoms with van der Waals surface area (Å²) in [4.78, 5) is 29.7. The van der Waals surface area contributed by atoms with Crippen LogP contribution < -0.4 is 5.32 Å². The lowest BCUT2D eigenvalue weighted by molar-refractivity contribution is 0.0774. The van der Waals surface area contributed by atoms with E-state index in [-0.39, 0.29) is 24.1 Å². The van der Waals surface area contributed by atoms with Gasteiger partial charge in [-0.2, -0.15) is 11.3 Å². The van der Waals surface area contributed by atoms with Gasteiger partial charge in [0.1, 0.15) is 6.10 Å². The zero-order valence-electron chi connectivity index (χ0n) is 18.7. The Kier molecular flexibility index (Phi) is 6.94. The molecule has 4 heterocycles. The summed E-state index contributed by atoms with van der Waals surface area (Å²) in [5, 5.41) is 6.97. The van der Waals surface area contributed by atoms with E-state index in [2.05, 4.69) is 22.3 Å². The molecule has 176 valence electrons. The summed E-state index contributed by atoms with van der Waals surface area (Å²) in [6.45, 7) is 5.71. The van der Waals surface area contributed by atoms with E-state index in [1.54, 1.807) is 11.3 Å². The highest BCUT2D eigenvalue weighted by Gasteiger charge is 2.41. The predicted octanol–water partition coefficient (Wildman–Crippen LogP) is 3.40. The molecule has 3 saturated heterocycles. The van der Waals surface area contributed by atoms with Crippen LogP contribution in [0.5, 0.6) is 0 Å². The number of hydrogen-bond acceptors (Lipinski definition) is 6. The Morgan fingerprint density at radius 2 is 1.91 bits per heavy atom. The lowest BCUT2D eigenvalue weighted by Gasteiger charge is -2.25. The molecule has 0 spiro atoms. The summed E-state index contributed by atoms with van der Waals surface area (Å²) in [6, 6.07) is 11.9. The van der Waals surface area contributed by atoms with Crippen molar-refractivity contribution in [2.24, 2.45) is 11.8 Å². The molecule has 4 atom stereocenters. The van der Waals surface area contributed by atoms with Gasteiger partial charge in [0.2, 0.25) is 0 Å². The minimum Gasteiger partial charge on any atom is -0.444 e. The third kappa shape index (κ3) is 5.39. The molecule has 1 aromatic heterocycles. The maximum Gasteiger partial charge on any atom is 0.407 e. The smallest absolute Gasteiger partial charge is 0.407 e. The van der Waals surface area contributed by atoms with Crippen LogP contribution in [0.25, 0.3) is 0 Å². The Morgan fingerprint density at radius 1 is 1.12 bits per heavy atom. The third-order valence-corrected chi connectivity index (χ3v) is 7.69. The Balaban J connectivity index is 1.13. The fourth-order valence-electron chi connectivity index (χ4n) is 5.26. The molecule has 33 heavy (non-hydrogen) atoms. The second-order valence-corrected chi connectivity index (χ2v) is 10.1. The van der Waals surface area contributed by atoms with Crippen LogP contribution in [0.15, 0.2) is 47.2 Å². The van der Waals surface area contributed by atoms with Crippen LogP contribution in [-0.2, 0) is 9.47 Å². The summed E-state index contributed by atoms with van der Waals surface area (Å²) >= 11 is 1.57. The largest absolute Gasteiger partial charge is 0.444 e. The van der Waals surface area contributed by atoms with Crippen LogP contribution in [0.4, 0.5) is 4.79 Å². The van der Waals surface area contributed by atoms with Gasteiger partial charge in [0.05, 0.1) is 24.8 Å². The molecule has 2 aromatic rings. The van der Waals surface area contributed by atoms with E-state index in [0.717, 1.165) is 56.7 Å². The van der Waals surface area contributed by atoms with Crippen LogP contribution in [-0.4, -0.2) is 73.8 Å². The van der Waals surface area contributed by atoms with Gasteiger partial charge >= 0.3 is 6.09 Å². The average Bonchev–Trinajstić information content (AvgIpc) is 3.62. The van der Waals surface area contributed by atoms with Crippen LogP contribution in [0.3, 0.4) is 0 Å². The number of amides is 2. The number of hydrogen-bond donors (Lipinski definition) is 1. The predicted molar refractivity (Wildman–Crippen MR) is 126 cm³/mol. The van der Waals surface area contributed by atoms with Gasteiger partial charge in [-0.05, 0) is 35.3 Å². The first-order valence-corrected chi connectivity index (χ1v) is 12.7. The molecule has 3 fully saturated rings. The molecule has 0 aliphatic carbocycles. The zero-order chi connectivity index (χ0) is 22.6. The lowest BCUT2D eigenvalue weighted by Crippen LogP contribution is -2.36. The van der Waals surface area contributed by atoms with Crippen LogP contribution in [0.2, 0.25) is 0 Å². The number of nitrogens with one attached hydrogen (secondary N) is 1. The number of alkyl carbamates (subject to hydrolysis) is 1. The highest BCUT2D eigenvalue weighted by Crippen LogP contribution is 2.32. The van der Waals surface area contributed by atoms with Gasteiger partial charge in [-0.15, -0.1) is 0 Å². The first-order valence-electron chi connectivity index (χ1n) is 11.8. The molecule has 1 N–H and O–H groups in total. The van der Waals surface area contributed by atoms with Gasteiger partial charge in [-0.1, -0.05) is 30.3 Å². The molecular weight excluding hydrogens is 438 g/mol. The molecule has 8 heteroatoms. The molecule has 0 radical (unpaired) electrons. The Hall–Kier alpha value is -2.42. The number of ether oxygens (including phenoxy) is 2. The van der Waals surface area contributed by atoms with Gasteiger partial charge in [-0.25, -0.2) is 4.79 Å². The Labute approximate surface area is 198 Å². The number of thiophene rings is 1. The van der Waals surface area contributed by atoms with Gasteiger partial charge < -0.3 is 24.6 Å². The Morgan fingerprint density at radius 3 is 2.58 bits per heavy atom. The average molecular weight is 470 g/mol. The molecule has 5 rings (SSSR count). The highest BCUT2D eigenvalue weighted by molar-refractivity contribution is 7.08. The van der Waals surface area contributed by atoms with Gasteiger partial charge in [0, 0.05) is 44.5 Å². The van der Waals surface area contributed by atoms with E-state index in [4.69, 9.17) is 9.47 Å². The lowest BCUT2D eigenvalue weighted by atomic mass is 10.0.